The minimum Gasteiger partial charge on any atom is -0.295 e. The van der Waals surface area contributed by atoms with Crippen molar-refractivity contribution >= 4 is 51.7 Å². The molecule has 0 aliphatic carbocycles. The fourth-order valence-electron chi connectivity index (χ4n) is 1.61. The molecule has 2 rings (SSSR count). The van der Waals surface area contributed by atoms with E-state index in [1.54, 1.807) is 17.4 Å². The number of hydrogen-bond acceptors (Lipinski definition) is 4. The standard InChI is InChI=1S/C12H11Cl2NOS2/c1-15(5-8-2-3-17-7-8)6-10(16)9-4-11(13)18-12(9)14/h2-4,7H,5-6H2,1H3. The molecule has 0 spiro atoms. The molecule has 2 heterocycles. The monoisotopic (exact) mass is 319 g/mol. The first-order valence-electron chi connectivity index (χ1n) is 5.24. The maximum absolute atomic E-state index is 12.0. The van der Waals surface area contributed by atoms with E-state index in [4.69, 9.17) is 23.2 Å². The summed E-state index contributed by atoms with van der Waals surface area (Å²) in [6.45, 7) is 1.09. The topological polar surface area (TPSA) is 20.3 Å². The predicted octanol–water partition coefficient (Wildman–Crippen LogP) is 4.43. The van der Waals surface area contributed by atoms with Crippen LogP contribution in [0.4, 0.5) is 0 Å². The van der Waals surface area contributed by atoms with Crippen molar-refractivity contribution in [2.75, 3.05) is 13.6 Å². The number of hydrogen-bond donors (Lipinski definition) is 0. The summed E-state index contributed by atoms with van der Waals surface area (Å²) in [4.78, 5) is 14.0. The zero-order chi connectivity index (χ0) is 13.1. The number of halogens is 2. The Balaban J connectivity index is 1.97. The number of carbonyl (C=O) groups is 1. The highest BCUT2D eigenvalue weighted by Crippen LogP contribution is 2.31. The van der Waals surface area contributed by atoms with E-state index in [9.17, 15) is 4.79 Å². The van der Waals surface area contributed by atoms with Crippen molar-refractivity contribution in [3.05, 3.63) is 42.7 Å². The lowest BCUT2D eigenvalue weighted by Crippen LogP contribution is -2.25. The van der Waals surface area contributed by atoms with Gasteiger partial charge in [-0.2, -0.15) is 11.3 Å². The van der Waals surface area contributed by atoms with Crippen molar-refractivity contribution in [2.45, 2.75) is 6.54 Å². The molecule has 0 unspecified atom stereocenters. The summed E-state index contributed by atoms with van der Waals surface area (Å²) in [6, 6.07) is 3.69. The van der Waals surface area contributed by atoms with Gasteiger partial charge in [0.2, 0.25) is 0 Å². The molecule has 0 atom stereocenters. The Bertz CT molecular complexity index is 536. The van der Waals surface area contributed by atoms with E-state index in [1.165, 1.54) is 16.9 Å². The average molecular weight is 320 g/mol. The maximum Gasteiger partial charge on any atom is 0.179 e. The van der Waals surface area contributed by atoms with Crippen LogP contribution < -0.4 is 0 Å². The van der Waals surface area contributed by atoms with Gasteiger partial charge in [-0.3, -0.25) is 9.69 Å². The van der Waals surface area contributed by atoms with Crippen LogP contribution in [0.2, 0.25) is 8.67 Å². The van der Waals surface area contributed by atoms with E-state index in [-0.39, 0.29) is 5.78 Å². The van der Waals surface area contributed by atoms with Crippen molar-refractivity contribution in [1.82, 2.24) is 4.90 Å². The SMILES string of the molecule is CN(CC(=O)c1cc(Cl)sc1Cl)Cc1ccsc1. The molecule has 0 radical (unpaired) electrons. The number of ketones is 1. The molecule has 6 heteroatoms. The van der Waals surface area contributed by atoms with Crippen LogP contribution in [0.3, 0.4) is 0 Å². The van der Waals surface area contributed by atoms with Crippen LogP contribution in [-0.2, 0) is 6.54 Å². The van der Waals surface area contributed by atoms with Gasteiger partial charge < -0.3 is 0 Å². The van der Waals surface area contributed by atoms with E-state index in [0.29, 0.717) is 20.8 Å². The van der Waals surface area contributed by atoms with Crippen LogP contribution >= 0.6 is 45.9 Å². The van der Waals surface area contributed by atoms with Gasteiger partial charge in [-0.05, 0) is 35.5 Å². The minimum atomic E-state index is 0.000814. The van der Waals surface area contributed by atoms with Crippen molar-refractivity contribution in [3.8, 4) is 0 Å². The lowest BCUT2D eigenvalue weighted by Gasteiger charge is -2.14. The molecule has 0 N–H and O–H groups in total. The van der Waals surface area contributed by atoms with Gasteiger partial charge in [0.1, 0.15) is 4.34 Å². The molecule has 0 saturated carbocycles. The zero-order valence-electron chi connectivity index (χ0n) is 9.65. The highest BCUT2D eigenvalue weighted by atomic mass is 35.5. The first-order chi connectivity index (χ1) is 8.56. The third kappa shape index (κ3) is 3.56. The van der Waals surface area contributed by atoms with Crippen LogP contribution in [-0.4, -0.2) is 24.3 Å². The summed E-state index contributed by atoms with van der Waals surface area (Å²) in [6.07, 6.45) is 0. The fourth-order valence-corrected chi connectivity index (χ4v) is 3.77. The number of carbonyl (C=O) groups excluding carboxylic acids is 1. The zero-order valence-corrected chi connectivity index (χ0v) is 12.8. The lowest BCUT2D eigenvalue weighted by atomic mass is 10.2. The molecule has 0 bridgehead atoms. The molecule has 2 aromatic heterocycles. The Hall–Kier alpha value is -0.390. The molecule has 0 saturated heterocycles. The molecule has 2 aromatic rings. The van der Waals surface area contributed by atoms with Gasteiger partial charge in [-0.1, -0.05) is 23.2 Å². The summed E-state index contributed by atoms with van der Waals surface area (Å²) in [5.74, 6) is 0.000814. The van der Waals surface area contributed by atoms with Crippen LogP contribution in [0, 0.1) is 0 Å². The first-order valence-corrected chi connectivity index (χ1v) is 7.75. The molecule has 0 aromatic carbocycles. The van der Waals surface area contributed by atoms with Crippen LogP contribution in [0.5, 0.6) is 0 Å². The average Bonchev–Trinajstić information content (AvgIpc) is 2.88. The number of likely N-dealkylation sites (N-methyl/N-ethyl adjacent to an activating group) is 1. The van der Waals surface area contributed by atoms with Gasteiger partial charge in [-0.25, -0.2) is 0 Å². The third-order valence-electron chi connectivity index (χ3n) is 2.40. The summed E-state index contributed by atoms with van der Waals surface area (Å²) >= 11 is 14.7. The quantitative estimate of drug-likeness (QED) is 0.760. The second kappa shape index (κ2) is 6.17. The fraction of sp³-hybridized carbons (Fsp3) is 0.250. The Kier molecular flexibility index (Phi) is 4.81. The first kappa shape index (κ1) is 14.0. The largest absolute Gasteiger partial charge is 0.295 e. The summed E-state index contributed by atoms with van der Waals surface area (Å²) in [7, 11) is 1.91. The number of Topliss-reactive ketones (excluding diaryl/α,β-unsaturated/α-hetero) is 1. The summed E-state index contributed by atoms with van der Waals surface area (Å²) < 4.78 is 1.01. The molecule has 0 amide bonds. The van der Waals surface area contributed by atoms with E-state index in [2.05, 4.69) is 11.4 Å². The highest BCUT2D eigenvalue weighted by molar-refractivity contribution is 7.20. The van der Waals surface area contributed by atoms with Gasteiger partial charge in [0.05, 0.1) is 16.4 Å². The Morgan fingerprint density at radius 3 is 2.78 bits per heavy atom. The van der Waals surface area contributed by atoms with Crippen LogP contribution in [0.1, 0.15) is 15.9 Å². The normalized spacial score (nSPS) is 11.1. The van der Waals surface area contributed by atoms with Gasteiger partial charge in [-0.15, -0.1) is 11.3 Å². The van der Waals surface area contributed by atoms with E-state index in [1.807, 2.05) is 17.3 Å². The molecule has 18 heavy (non-hydrogen) atoms. The van der Waals surface area contributed by atoms with Crippen LogP contribution in [0.15, 0.2) is 22.9 Å². The van der Waals surface area contributed by atoms with Crippen molar-refractivity contribution in [1.29, 1.82) is 0 Å². The second-order valence-electron chi connectivity index (χ2n) is 3.96. The lowest BCUT2D eigenvalue weighted by molar-refractivity contribution is 0.0943. The van der Waals surface area contributed by atoms with Gasteiger partial charge in [0.15, 0.2) is 5.78 Å². The number of nitrogens with zero attached hydrogens (tertiary/aromatic N) is 1. The Morgan fingerprint density at radius 1 is 1.44 bits per heavy atom. The van der Waals surface area contributed by atoms with Gasteiger partial charge in [0, 0.05) is 6.54 Å². The minimum absolute atomic E-state index is 0.000814. The van der Waals surface area contributed by atoms with Crippen molar-refractivity contribution < 1.29 is 4.79 Å². The molecule has 0 aliphatic rings. The van der Waals surface area contributed by atoms with Crippen molar-refractivity contribution in [3.63, 3.8) is 0 Å². The number of thiophene rings is 2. The molecule has 0 fully saturated rings. The third-order valence-corrected chi connectivity index (χ3v) is 4.62. The molecular weight excluding hydrogens is 309 g/mol. The van der Waals surface area contributed by atoms with Gasteiger partial charge in [0.25, 0.3) is 0 Å². The van der Waals surface area contributed by atoms with E-state index < -0.39 is 0 Å². The van der Waals surface area contributed by atoms with Crippen molar-refractivity contribution in [2.24, 2.45) is 0 Å². The Labute approximate surface area is 124 Å². The smallest absolute Gasteiger partial charge is 0.179 e. The summed E-state index contributed by atoms with van der Waals surface area (Å²) in [5.41, 5.74) is 1.73. The van der Waals surface area contributed by atoms with E-state index in [0.717, 1.165) is 6.54 Å². The second-order valence-corrected chi connectivity index (χ2v) is 7.03. The van der Waals surface area contributed by atoms with Gasteiger partial charge >= 0.3 is 0 Å². The van der Waals surface area contributed by atoms with E-state index >= 15 is 0 Å². The maximum atomic E-state index is 12.0. The van der Waals surface area contributed by atoms with Crippen LogP contribution in [0.25, 0.3) is 0 Å². The number of rotatable bonds is 5. The summed E-state index contributed by atoms with van der Waals surface area (Å²) in [5, 5.41) is 4.11. The molecule has 0 aliphatic heterocycles. The molecule has 2 nitrogen and oxygen atoms in total. The predicted molar refractivity (Wildman–Crippen MR) is 79.3 cm³/mol. The highest BCUT2D eigenvalue weighted by Gasteiger charge is 2.16. The molecular formula is C12H11Cl2NOS2. The Morgan fingerprint density at radius 2 is 2.22 bits per heavy atom. The molecule has 96 valence electrons.